The summed E-state index contributed by atoms with van der Waals surface area (Å²) in [5.41, 5.74) is 2.21. The highest BCUT2D eigenvalue weighted by atomic mass is 35.5. The standard InChI is InChI=1S/C28H37ClN6O3S/c1-18(2)38-25-15-20(35-14-13-21(17-35)34(5)6)11-12-23(25)32-28-30-16-22(29)27(33-28)31-24-9-7-8-10-26(24)39(36,37)19(3)4/h7-12,15-16,18-19,21H,13-14,17H2,1-6H3,(H2,30,31,32,33)/t21-/m0/s1. The lowest BCUT2D eigenvalue weighted by Gasteiger charge is -2.23. The Kier molecular flexibility index (Phi) is 8.88. The third-order valence-corrected chi connectivity index (χ3v) is 9.13. The molecule has 11 heteroatoms. The van der Waals surface area contributed by atoms with Gasteiger partial charge in [-0.3, -0.25) is 0 Å². The molecule has 1 aliphatic rings. The van der Waals surface area contributed by atoms with Gasteiger partial charge in [-0.1, -0.05) is 23.7 Å². The number of sulfone groups is 1. The lowest BCUT2D eigenvalue weighted by molar-refractivity contribution is 0.244. The molecule has 2 heterocycles. The summed E-state index contributed by atoms with van der Waals surface area (Å²) in [6.07, 6.45) is 2.56. The third kappa shape index (κ3) is 6.74. The average molecular weight is 573 g/mol. The van der Waals surface area contributed by atoms with E-state index >= 15 is 0 Å². The average Bonchev–Trinajstić information content (AvgIpc) is 3.38. The first kappa shape index (κ1) is 28.9. The van der Waals surface area contributed by atoms with Gasteiger partial charge < -0.3 is 25.2 Å². The van der Waals surface area contributed by atoms with Crippen molar-refractivity contribution in [2.75, 3.05) is 42.7 Å². The smallest absolute Gasteiger partial charge is 0.229 e. The molecule has 2 aromatic carbocycles. The van der Waals surface area contributed by atoms with E-state index in [1.165, 1.54) is 6.20 Å². The van der Waals surface area contributed by atoms with Crippen LogP contribution in [-0.2, 0) is 9.84 Å². The lowest BCUT2D eigenvalue weighted by atomic mass is 10.2. The fourth-order valence-electron chi connectivity index (χ4n) is 4.40. The van der Waals surface area contributed by atoms with Gasteiger partial charge in [0.2, 0.25) is 5.95 Å². The molecule has 2 N–H and O–H groups in total. The van der Waals surface area contributed by atoms with Crippen LogP contribution in [0, 0.1) is 0 Å². The minimum absolute atomic E-state index is 0.0309. The molecule has 39 heavy (non-hydrogen) atoms. The van der Waals surface area contributed by atoms with E-state index in [-0.39, 0.29) is 21.8 Å². The molecule has 1 aliphatic heterocycles. The van der Waals surface area contributed by atoms with Gasteiger partial charge in [0.25, 0.3) is 0 Å². The zero-order valence-corrected chi connectivity index (χ0v) is 24.8. The second kappa shape index (κ2) is 12.0. The minimum Gasteiger partial charge on any atom is -0.489 e. The normalized spacial score (nSPS) is 15.8. The largest absolute Gasteiger partial charge is 0.489 e. The van der Waals surface area contributed by atoms with E-state index in [2.05, 4.69) is 50.6 Å². The molecule has 1 aromatic heterocycles. The van der Waals surface area contributed by atoms with Crippen LogP contribution in [-0.4, -0.2) is 67.9 Å². The van der Waals surface area contributed by atoms with E-state index in [9.17, 15) is 8.42 Å². The Labute approximate surface area is 236 Å². The molecule has 0 aliphatic carbocycles. The van der Waals surface area contributed by atoms with Gasteiger partial charge in [-0.05, 0) is 72.5 Å². The summed E-state index contributed by atoms with van der Waals surface area (Å²) in [4.78, 5) is 13.7. The Morgan fingerprint density at radius 2 is 1.82 bits per heavy atom. The number of ether oxygens (including phenoxy) is 1. The van der Waals surface area contributed by atoms with Crippen LogP contribution in [0.5, 0.6) is 5.75 Å². The number of anilines is 5. The van der Waals surface area contributed by atoms with Crippen LogP contribution in [0.1, 0.15) is 34.1 Å². The molecule has 1 saturated heterocycles. The predicted octanol–water partition coefficient (Wildman–Crippen LogP) is 5.73. The van der Waals surface area contributed by atoms with Crippen molar-refractivity contribution >= 4 is 50.3 Å². The van der Waals surface area contributed by atoms with Crippen LogP contribution in [0.4, 0.5) is 28.8 Å². The number of rotatable bonds is 10. The predicted molar refractivity (Wildman–Crippen MR) is 159 cm³/mol. The molecule has 210 valence electrons. The molecular weight excluding hydrogens is 536 g/mol. The number of likely N-dealkylation sites (N-methyl/N-ethyl adjacent to an activating group) is 1. The van der Waals surface area contributed by atoms with Crippen molar-refractivity contribution in [1.82, 2.24) is 14.9 Å². The van der Waals surface area contributed by atoms with Crippen molar-refractivity contribution in [3.8, 4) is 5.75 Å². The van der Waals surface area contributed by atoms with Crippen LogP contribution in [0.2, 0.25) is 5.02 Å². The Morgan fingerprint density at radius 3 is 2.49 bits per heavy atom. The quantitative estimate of drug-likeness (QED) is 0.315. The van der Waals surface area contributed by atoms with E-state index < -0.39 is 15.1 Å². The summed E-state index contributed by atoms with van der Waals surface area (Å²) in [5.74, 6) is 1.27. The molecular formula is C28H37ClN6O3S. The first-order valence-electron chi connectivity index (χ1n) is 13.1. The zero-order chi connectivity index (χ0) is 28.3. The van der Waals surface area contributed by atoms with E-state index in [0.29, 0.717) is 29.1 Å². The molecule has 1 atom stereocenters. The topological polar surface area (TPSA) is 99.7 Å². The highest BCUT2D eigenvalue weighted by Gasteiger charge is 2.25. The number of halogens is 1. The number of hydrogen-bond acceptors (Lipinski definition) is 9. The molecule has 0 bridgehead atoms. The molecule has 0 spiro atoms. The molecule has 0 amide bonds. The molecule has 4 rings (SSSR count). The maximum absolute atomic E-state index is 12.9. The highest BCUT2D eigenvalue weighted by Crippen LogP contribution is 2.35. The number of para-hydroxylation sites is 1. The number of nitrogens with zero attached hydrogens (tertiary/aromatic N) is 4. The van der Waals surface area contributed by atoms with E-state index in [1.54, 1.807) is 38.1 Å². The molecule has 0 unspecified atom stereocenters. The van der Waals surface area contributed by atoms with E-state index in [1.807, 2.05) is 26.0 Å². The van der Waals surface area contributed by atoms with Crippen molar-refractivity contribution in [2.45, 2.75) is 56.4 Å². The molecule has 0 saturated carbocycles. The van der Waals surface area contributed by atoms with Crippen LogP contribution < -0.4 is 20.3 Å². The molecule has 3 aromatic rings. The summed E-state index contributed by atoms with van der Waals surface area (Å²) in [6, 6.07) is 13.3. The van der Waals surface area contributed by atoms with Crippen molar-refractivity contribution in [1.29, 1.82) is 0 Å². The number of aromatic nitrogens is 2. The Hall–Kier alpha value is -3.08. The summed E-state index contributed by atoms with van der Waals surface area (Å²) >= 11 is 6.41. The van der Waals surface area contributed by atoms with Crippen LogP contribution >= 0.6 is 11.6 Å². The van der Waals surface area contributed by atoms with Gasteiger partial charge in [0.15, 0.2) is 15.7 Å². The highest BCUT2D eigenvalue weighted by molar-refractivity contribution is 7.92. The van der Waals surface area contributed by atoms with Crippen molar-refractivity contribution in [3.63, 3.8) is 0 Å². The van der Waals surface area contributed by atoms with Crippen LogP contribution in [0.15, 0.2) is 53.6 Å². The first-order chi connectivity index (χ1) is 18.5. The monoisotopic (exact) mass is 572 g/mol. The molecule has 9 nitrogen and oxygen atoms in total. The number of benzene rings is 2. The first-order valence-corrected chi connectivity index (χ1v) is 15.0. The lowest BCUT2D eigenvalue weighted by Crippen LogP contribution is -2.31. The van der Waals surface area contributed by atoms with Gasteiger partial charge >= 0.3 is 0 Å². The fourth-order valence-corrected chi connectivity index (χ4v) is 5.74. The van der Waals surface area contributed by atoms with Gasteiger partial charge in [-0.25, -0.2) is 13.4 Å². The fraction of sp³-hybridized carbons (Fsp3) is 0.429. The van der Waals surface area contributed by atoms with Crippen molar-refractivity contribution in [2.24, 2.45) is 0 Å². The van der Waals surface area contributed by atoms with Gasteiger partial charge in [0.1, 0.15) is 10.8 Å². The molecule has 0 radical (unpaired) electrons. The van der Waals surface area contributed by atoms with Crippen LogP contribution in [0.25, 0.3) is 0 Å². The molecule has 1 fully saturated rings. The Morgan fingerprint density at radius 1 is 1.08 bits per heavy atom. The maximum atomic E-state index is 12.9. The summed E-state index contributed by atoms with van der Waals surface area (Å²) < 4.78 is 31.9. The summed E-state index contributed by atoms with van der Waals surface area (Å²) in [5, 5.41) is 6.02. The van der Waals surface area contributed by atoms with E-state index in [0.717, 1.165) is 25.2 Å². The minimum atomic E-state index is -3.52. The summed E-state index contributed by atoms with van der Waals surface area (Å²) in [7, 11) is 0.710. The third-order valence-electron chi connectivity index (χ3n) is 6.64. The van der Waals surface area contributed by atoms with Gasteiger partial charge in [0, 0.05) is 30.9 Å². The second-order valence-corrected chi connectivity index (χ2v) is 13.3. The Bertz CT molecular complexity index is 1410. The van der Waals surface area contributed by atoms with Gasteiger partial charge in [0.05, 0.1) is 33.8 Å². The van der Waals surface area contributed by atoms with Crippen molar-refractivity contribution in [3.05, 3.63) is 53.7 Å². The Balaban J connectivity index is 1.61. The van der Waals surface area contributed by atoms with E-state index in [4.69, 9.17) is 16.3 Å². The van der Waals surface area contributed by atoms with Gasteiger partial charge in [-0.15, -0.1) is 0 Å². The van der Waals surface area contributed by atoms with Gasteiger partial charge in [-0.2, -0.15) is 4.98 Å². The SMILES string of the molecule is CC(C)Oc1cc(N2CC[C@H](N(C)C)C2)ccc1Nc1ncc(Cl)c(Nc2ccccc2S(=O)(=O)C(C)C)n1. The van der Waals surface area contributed by atoms with Crippen LogP contribution in [0.3, 0.4) is 0 Å². The number of nitrogens with one attached hydrogen (secondary N) is 2. The maximum Gasteiger partial charge on any atom is 0.229 e. The summed E-state index contributed by atoms with van der Waals surface area (Å²) in [6.45, 7) is 9.22. The zero-order valence-electron chi connectivity index (χ0n) is 23.3. The second-order valence-electron chi connectivity index (χ2n) is 10.4. The number of hydrogen-bond donors (Lipinski definition) is 2. The van der Waals surface area contributed by atoms with Crippen molar-refractivity contribution < 1.29 is 13.2 Å².